The molecule has 3 fully saturated rings. The Morgan fingerprint density at radius 2 is 1.64 bits per heavy atom. The minimum atomic E-state index is -0.780. The SMILES string of the molecule is Cc1ncsc1-c1ccc([C@H](C)NC(=O)[C@@H]2C[C@@H](O)CN2C(=O)[C@@H](c2ccnc(N3CC4(CN(c5ccc6cc(-c7ccccc7O)nnc6c5)C4)C3)c2)C(C)C)cc1. The van der Waals surface area contributed by atoms with Crippen LogP contribution < -0.4 is 15.1 Å². The Kier molecular flexibility index (Phi) is 10.0. The number of fused-ring (bicyclic) bond motifs is 1. The zero-order chi connectivity index (χ0) is 41.0. The molecule has 3 aliphatic heterocycles. The number of aliphatic hydroxyl groups is 1. The maximum absolute atomic E-state index is 14.4. The first-order valence-corrected chi connectivity index (χ1v) is 21.1. The molecule has 1 spiro atoms. The van der Waals surface area contributed by atoms with E-state index in [0.717, 1.165) is 75.8 Å². The van der Waals surface area contributed by atoms with Gasteiger partial charge in [-0.1, -0.05) is 56.3 Å². The van der Waals surface area contributed by atoms with Crippen LogP contribution in [-0.4, -0.2) is 92.0 Å². The van der Waals surface area contributed by atoms with E-state index in [2.05, 4.69) is 48.5 Å². The first-order chi connectivity index (χ1) is 28.4. The summed E-state index contributed by atoms with van der Waals surface area (Å²) in [6.45, 7) is 11.7. The summed E-state index contributed by atoms with van der Waals surface area (Å²) in [5.41, 5.74) is 9.09. The number of phenolic OH excluding ortho intramolecular Hbond substituents is 1. The molecule has 2 amide bonds. The van der Waals surface area contributed by atoms with E-state index in [0.29, 0.717) is 11.3 Å². The van der Waals surface area contributed by atoms with Crippen LogP contribution >= 0.6 is 11.3 Å². The van der Waals surface area contributed by atoms with Crippen molar-refractivity contribution in [2.24, 2.45) is 11.3 Å². The largest absolute Gasteiger partial charge is 0.507 e. The number of likely N-dealkylation sites (tertiary alicyclic amines) is 1. The molecule has 6 heterocycles. The van der Waals surface area contributed by atoms with Gasteiger partial charge in [0, 0.05) is 67.4 Å². The summed E-state index contributed by atoms with van der Waals surface area (Å²) in [6, 6.07) is 26.3. The summed E-state index contributed by atoms with van der Waals surface area (Å²) >= 11 is 1.60. The fourth-order valence-electron chi connectivity index (χ4n) is 9.11. The number of thiazole rings is 1. The number of para-hydroxylation sites is 1. The number of rotatable bonds is 10. The van der Waals surface area contributed by atoms with Crippen molar-refractivity contribution in [2.45, 2.75) is 58.2 Å². The minimum absolute atomic E-state index is 0.0505. The van der Waals surface area contributed by atoms with Crippen LogP contribution in [0.25, 0.3) is 32.6 Å². The zero-order valence-corrected chi connectivity index (χ0v) is 34.4. The van der Waals surface area contributed by atoms with Gasteiger partial charge in [-0.2, -0.15) is 0 Å². The highest BCUT2D eigenvalue weighted by atomic mass is 32.1. The number of hydrogen-bond donors (Lipinski definition) is 3. The molecule has 3 saturated heterocycles. The molecule has 3 N–H and O–H groups in total. The van der Waals surface area contributed by atoms with Crippen molar-refractivity contribution in [2.75, 3.05) is 42.5 Å². The van der Waals surface area contributed by atoms with Gasteiger partial charge in [0.25, 0.3) is 0 Å². The molecule has 3 aromatic carbocycles. The van der Waals surface area contributed by atoms with E-state index in [1.54, 1.807) is 34.6 Å². The quantitative estimate of drug-likeness (QED) is 0.136. The van der Waals surface area contributed by atoms with Gasteiger partial charge in [0.05, 0.1) is 45.4 Å². The molecule has 9 rings (SSSR count). The standard InChI is InChI=1S/C46H48N8O4S/c1-27(2)42(45(58)54-21-35(55)20-39(54)44(57)49-28(3)30-9-11-31(12-10-30)43-29(4)48-26-59-43)33-15-16-47-41(18-33)53-24-46(25-53)22-52(23-46)34-14-13-32-17-38(51-50-37(32)19-34)36-7-5-6-8-40(36)56/h5-19,26-28,35,39,42,55-56H,20-25H2,1-4H3,(H,49,57)/t28-,35+,39-,42+/m0/s1. The van der Waals surface area contributed by atoms with Crippen LogP contribution in [-0.2, 0) is 9.59 Å². The Balaban J connectivity index is 0.831. The molecule has 4 atom stereocenters. The van der Waals surface area contributed by atoms with Crippen molar-refractivity contribution in [3.8, 4) is 27.4 Å². The van der Waals surface area contributed by atoms with Gasteiger partial charge in [-0.05, 0) is 78.9 Å². The van der Waals surface area contributed by atoms with Crippen LogP contribution in [0.2, 0.25) is 0 Å². The molecule has 0 radical (unpaired) electrons. The lowest BCUT2D eigenvalue weighted by Gasteiger charge is -2.61. The number of β-amino-alcohol motifs (C(OH)–C–C–N with tert-alkyl or cyclic N) is 1. The number of nitrogens with zero attached hydrogens (tertiary/aromatic N) is 7. The second kappa shape index (κ2) is 15.4. The predicted molar refractivity (Wildman–Crippen MR) is 230 cm³/mol. The van der Waals surface area contributed by atoms with Crippen molar-refractivity contribution in [3.63, 3.8) is 0 Å². The van der Waals surface area contributed by atoms with Crippen LogP contribution in [0.1, 0.15) is 56.0 Å². The first kappa shape index (κ1) is 38.6. The number of benzene rings is 3. The number of aromatic nitrogens is 4. The summed E-state index contributed by atoms with van der Waals surface area (Å²) in [5, 5.41) is 34.0. The van der Waals surface area contributed by atoms with Crippen molar-refractivity contribution >= 4 is 45.6 Å². The van der Waals surface area contributed by atoms with Crippen LogP contribution in [0.4, 0.5) is 11.5 Å². The smallest absolute Gasteiger partial charge is 0.243 e. The molecular formula is C46H48N8O4S. The van der Waals surface area contributed by atoms with Gasteiger partial charge in [-0.25, -0.2) is 9.97 Å². The molecular weight excluding hydrogens is 761 g/mol. The van der Waals surface area contributed by atoms with Gasteiger partial charge in [0.2, 0.25) is 11.8 Å². The Morgan fingerprint density at radius 1 is 0.881 bits per heavy atom. The van der Waals surface area contributed by atoms with E-state index in [1.165, 1.54) is 0 Å². The Labute approximate surface area is 347 Å². The van der Waals surface area contributed by atoms with Gasteiger partial charge in [-0.15, -0.1) is 21.5 Å². The highest BCUT2D eigenvalue weighted by molar-refractivity contribution is 7.13. The van der Waals surface area contributed by atoms with Crippen molar-refractivity contribution in [3.05, 3.63) is 113 Å². The van der Waals surface area contributed by atoms with Gasteiger partial charge in [0.15, 0.2) is 0 Å². The summed E-state index contributed by atoms with van der Waals surface area (Å²) in [4.78, 5) is 44.6. The van der Waals surface area contributed by atoms with E-state index in [4.69, 9.17) is 4.98 Å². The lowest BCUT2D eigenvalue weighted by Crippen LogP contribution is -2.72. The number of phenols is 1. The topological polar surface area (TPSA) is 148 Å². The number of pyridine rings is 1. The number of aliphatic hydroxyl groups excluding tert-OH is 1. The summed E-state index contributed by atoms with van der Waals surface area (Å²) < 4.78 is 0. The van der Waals surface area contributed by atoms with E-state index < -0.39 is 18.1 Å². The predicted octanol–water partition coefficient (Wildman–Crippen LogP) is 6.73. The summed E-state index contributed by atoms with van der Waals surface area (Å²) in [7, 11) is 0. The molecule has 12 nitrogen and oxygen atoms in total. The van der Waals surface area contributed by atoms with Crippen molar-refractivity contribution in [1.29, 1.82) is 0 Å². The molecule has 59 heavy (non-hydrogen) atoms. The highest BCUT2D eigenvalue weighted by Crippen LogP contribution is 2.44. The third-order valence-electron chi connectivity index (χ3n) is 12.2. The molecule has 0 unspecified atom stereocenters. The average molecular weight is 809 g/mol. The normalized spacial score (nSPS) is 19.5. The number of carbonyl (C=O) groups excluding carboxylic acids is 2. The zero-order valence-electron chi connectivity index (χ0n) is 33.6. The summed E-state index contributed by atoms with van der Waals surface area (Å²) in [5.74, 6) is 0.0430. The number of aryl methyl sites for hydroxylation is 1. The van der Waals surface area contributed by atoms with Gasteiger partial charge in [-0.3, -0.25) is 9.59 Å². The van der Waals surface area contributed by atoms with Crippen LogP contribution in [0.3, 0.4) is 0 Å². The number of nitrogens with one attached hydrogen (secondary N) is 1. The monoisotopic (exact) mass is 808 g/mol. The number of hydrogen-bond acceptors (Lipinski definition) is 11. The Morgan fingerprint density at radius 3 is 2.37 bits per heavy atom. The van der Waals surface area contributed by atoms with Crippen LogP contribution in [0.15, 0.2) is 96.6 Å². The Bertz CT molecular complexity index is 2530. The van der Waals surface area contributed by atoms with E-state index in [1.807, 2.05) is 87.8 Å². The Hall–Kier alpha value is -5.92. The maximum Gasteiger partial charge on any atom is 0.243 e. The molecule has 6 aromatic rings. The molecule has 3 aromatic heterocycles. The van der Waals surface area contributed by atoms with Gasteiger partial charge in [0.1, 0.15) is 17.6 Å². The number of amides is 2. The number of anilines is 2. The maximum atomic E-state index is 14.4. The first-order valence-electron chi connectivity index (χ1n) is 20.3. The van der Waals surface area contributed by atoms with Crippen LogP contribution in [0, 0.1) is 18.3 Å². The molecule has 302 valence electrons. The summed E-state index contributed by atoms with van der Waals surface area (Å²) in [6.07, 6.45) is 1.19. The second-order valence-electron chi connectivity index (χ2n) is 16.9. The molecule has 0 bridgehead atoms. The van der Waals surface area contributed by atoms with Crippen molar-refractivity contribution in [1.82, 2.24) is 30.4 Å². The van der Waals surface area contributed by atoms with Crippen molar-refractivity contribution < 1.29 is 19.8 Å². The minimum Gasteiger partial charge on any atom is -0.507 e. The molecule has 0 aliphatic carbocycles. The number of aromatic hydroxyl groups is 1. The van der Waals surface area contributed by atoms with E-state index >= 15 is 0 Å². The van der Waals surface area contributed by atoms with E-state index in [-0.39, 0.29) is 47.9 Å². The van der Waals surface area contributed by atoms with E-state index in [9.17, 15) is 19.8 Å². The average Bonchev–Trinajstić information content (AvgIpc) is 3.82. The van der Waals surface area contributed by atoms with Crippen LogP contribution in [0.5, 0.6) is 5.75 Å². The fourth-order valence-corrected chi connectivity index (χ4v) is 9.92. The third-order valence-corrected chi connectivity index (χ3v) is 13.2. The third kappa shape index (κ3) is 7.38. The molecule has 3 aliphatic rings. The molecule has 13 heteroatoms. The second-order valence-corrected chi connectivity index (χ2v) is 17.7. The molecule has 0 saturated carbocycles. The highest BCUT2D eigenvalue weighted by Gasteiger charge is 2.52. The lowest BCUT2D eigenvalue weighted by molar-refractivity contribution is -0.140. The van der Waals surface area contributed by atoms with Gasteiger partial charge >= 0.3 is 0 Å². The fraction of sp³-hybridized carbons (Fsp3) is 0.348. The van der Waals surface area contributed by atoms with Gasteiger partial charge < -0.3 is 30.2 Å². The number of carbonyl (C=O) groups is 2. The lowest BCUT2D eigenvalue weighted by atomic mass is 9.72.